The van der Waals surface area contributed by atoms with Crippen molar-refractivity contribution in [2.75, 3.05) is 29.3 Å². The highest BCUT2D eigenvalue weighted by molar-refractivity contribution is 7.92. The van der Waals surface area contributed by atoms with Crippen LogP contribution in [0.2, 0.25) is 0 Å². The van der Waals surface area contributed by atoms with Crippen LogP contribution in [0, 0.1) is 23.3 Å². The Morgan fingerprint density at radius 2 is 1.90 bits per heavy atom. The fourth-order valence-electron chi connectivity index (χ4n) is 3.44. The third-order valence-corrected chi connectivity index (χ3v) is 6.83. The van der Waals surface area contributed by atoms with Gasteiger partial charge in [-0.2, -0.15) is 4.39 Å². The molecule has 3 aromatic rings. The molecule has 1 saturated heterocycles. The summed E-state index contributed by atoms with van der Waals surface area (Å²) in [5, 5.41) is 2.96. The molecule has 3 heterocycles. The zero-order chi connectivity index (χ0) is 30.4. The van der Waals surface area contributed by atoms with Gasteiger partial charge in [-0.1, -0.05) is 6.92 Å². The number of piperidine rings is 1. The Balaban J connectivity index is 0.000000575. The molecule has 1 atom stereocenters. The van der Waals surface area contributed by atoms with Gasteiger partial charge in [-0.15, -0.1) is 0 Å². The van der Waals surface area contributed by atoms with Gasteiger partial charge in [-0.25, -0.2) is 49.7 Å². The van der Waals surface area contributed by atoms with Crippen LogP contribution in [0.4, 0.5) is 42.4 Å². The van der Waals surface area contributed by atoms with Gasteiger partial charge in [0, 0.05) is 25.2 Å². The summed E-state index contributed by atoms with van der Waals surface area (Å²) in [6, 6.07) is 2.42. The van der Waals surface area contributed by atoms with E-state index in [2.05, 4.69) is 20.3 Å². The lowest BCUT2D eigenvalue weighted by Gasteiger charge is -2.17. The van der Waals surface area contributed by atoms with Crippen molar-refractivity contribution in [3.8, 4) is 22.9 Å². The number of halogens is 7. The molecule has 0 spiro atoms. The molecule has 1 aliphatic heterocycles. The van der Waals surface area contributed by atoms with Crippen LogP contribution in [-0.4, -0.2) is 54.3 Å². The molecule has 0 radical (unpaired) electrons. The van der Waals surface area contributed by atoms with Crippen LogP contribution < -0.4 is 20.5 Å². The molecule has 4 rings (SSSR count). The largest absolute Gasteiger partial charge is 0.435 e. The van der Waals surface area contributed by atoms with Crippen LogP contribution in [0.1, 0.15) is 26.2 Å². The van der Waals surface area contributed by atoms with Crippen molar-refractivity contribution in [3.05, 3.63) is 53.9 Å². The fourth-order valence-corrected chi connectivity index (χ4v) is 4.77. The molecule has 41 heavy (non-hydrogen) atoms. The van der Waals surface area contributed by atoms with Crippen molar-refractivity contribution in [1.29, 1.82) is 0 Å². The van der Waals surface area contributed by atoms with E-state index in [9.17, 15) is 39.2 Å². The van der Waals surface area contributed by atoms with Crippen LogP contribution in [-0.2, 0) is 10.0 Å². The molecule has 4 N–H and O–H groups in total. The molecule has 0 bridgehead atoms. The molecule has 1 aliphatic rings. The maximum atomic E-state index is 14.6. The number of nitrogens with two attached hydrogens (primary N) is 1. The van der Waals surface area contributed by atoms with Crippen molar-refractivity contribution in [3.63, 3.8) is 0 Å². The van der Waals surface area contributed by atoms with E-state index in [1.54, 1.807) is 0 Å². The number of rotatable bonds is 8. The Bertz CT molecular complexity index is 1470. The number of ether oxygens (including phenoxy) is 1. The monoisotopic (exact) mass is 610 g/mol. The third kappa shape index (κ3) is 8.88. The quantitative estimate of drug-likeness (QED) is 0.241. The first-order valence-electron chi connectivity index (χ1n) is 12.0. The van der Waals surface area contributed by atoms with E-state index >= 15 is 0 Å². The minimum Gasteiger partial charge on any atom is -0.435 e. The van der Waals surface area contributed by atoms with Gasteiger partial charge in [0.15, 0.2) is 17.4 Å². The highest BCUT2D eigenvalue weighted by Gasteiger charge is 2.35. The smallest absolute Gasteiger partial charge is 0.263 e. The third-order valence-electron chi connectivity index (χ3n) is 5.51. The first-order chi connectivity index (χ1) is 19.2. The van der Waals surface area contributed by atoms with Crippen molar-refractivity contribution in [2.45, 2.75) is 38.3 Å². The number of sulfonamides is 1. The molecule has 2 aromatic heterocycles. The van der Waals surface area contributed by atoms with E-state index < -0.39 is 74.9 Å². The molecule has 0 aliphatic carbocycles. The number of alkyl halides is 3. The number of anilines is 2. The molecular weight excluding hydrogens is 585 g/mol. The highest BCUT2D eigenvalue weighted by Crippen LogP contribution is 2.36. The molecular formula is C24H25F7N6O3S. The lowest BCUT2D eigenvalue weighted by atomic mass is 10.1. The average molecular weight is 611 g/mol. The van der Waals surface area contributed by atoms with Gasteiger partial charge in [-0.3, -0.25) is 4.72 Å². The maximum absolute atomic E-state index is 14.6. The number of nitrogens with zero attached hydrogens (tertiary/aromatic N) is 3. The summed E-state index contributed by atoms with van der Waals surface area (Å²) in [4.78, 5) is 11.1. The summed E-state index contributed by atoms with van der Waals surface area (Å²) in [5.41, 5.74) is 3.76. The zero-order valence-corrected chi connectivity index (χ0v) is 22.2. The van der Waals surface area contributed by atoms with E-state index in [0.29, 0.717) is 12.7 Å². The Hall–Kier alpha value is -3.73. The van der Waals surface area contributed by atoms with E-state index in [4.69, 9.17) is 10.5 Å². The van der Waals surface area contributed by atoms with Crippen LogP contribution in [0.5, 0.6) is 11.6 Å². The molecule has 0 amide bonds. The summed E-state index contributed by atoms with van der Waals surface area (Å²) in [5.74, 6) is -13.8. The Morgan fingerprint density at radius 3 is 2.49 bits per heavy atom. The molecule has 17 heteroatoms. The van der Waals surface area contributed by atoms with Crippen molar-refractivity contribution in [2.24, 2.45) is 0 Å². The van der Waals surface area contributed by atoms with E-state index in [1.807, 2.05) is 0 Å². The summed E-state index contributed by atoms with van der Waals surface area (Å²) in [6.45, 7) is 2.58. The molecule has 1 unspecified atom stereocenters. The SMILES string of the molecule is CCC(F)(F)CS(=O)(=O)Nc1c(F)cc(Oc2ncc(F)cc2-c2ccnc(N)n2)c(F)c1F.FC1CCCNC1. The number of nitrogen functional groups attached to an aromatic ring is 1. The predicted octanol–water partition coefficient (Wildman–Crippen LogP) is 4.96. The summed E-state index contributed by atoms with van der Waals surface area (Å²) in [6.07, 6.45) is 2.22. The number of benzene rings is 1. The van der Waals surface area contributed by atoms with Gasteiger partial charge >= 0.3 is 0 Å². The lowest BCUT2D eigenvalue weighted by Crippen LogP contribution is -2.31. The van der Waals surface area contributed by atoms with Crippen LogP contribution >= 0.6 is 0 Å². The second-order valence-electron chi connectivity index (χ2n) is 8.78. The van der Waals surface area contributed by atoms with E-state index in [-0.39, 0.29) is 23.3 Å². The maximum Gasteiger partial charge on any atom is 0.263 e. The number of pyridine rings is 1. The summed E-state index contributed by atoms with van der Waals surface area (Å²) < 4.78 is 126. The van der Waals surface area contributed by atoms with Crippen molar-refractivity contribution >= 4 is 21.7 Å². The fraction of sp³-hybridized carbons (Fsp3) is 0.375. The van der Waals surface area contributed by atoms with E-state index in [1.165, 1.54) is 17.0 Å². The Labute approximate surface area is 230 Å². The number of hydrogen-bond donors (Lipinski definition) is 3. The topological polar surface area (TPSA) is 132 Å². The zero-order valence-electron chi connectivity index (χ0n) is 21.4. The summed E-state index contributed by atoms with van der Waals surface area (Å²) >= 11 is 0. The van der Waals surface area contributed by atoms with Gasteiger partial charge in [0.25, 0.3) is 5.92 Å². The van der Waals surface area contributed by atoms with Gasteiger partial charge < -0.3 is 15.8 Å². The van der Waals surface area contributed by atoms with Crippen molar-refractivity contribution < 1.29 is 43.9 Å². The normalized spacial score (nSPS) is 15.6. The van der Waals surface area contributed by atoms with E-state index in [0.717, 1.165) is 32.4 Å². The van der Waals surface area contributed by atoms with Gasteiger partial charge in [0.05, 0.1) is 17.5 Å². The number of aromatic nitrogens is 3. The second kappa shape index (κ2) is 13.3. The molecule has 9 nitrogen and oxygen atoms in total. The van der Waals surface area contributed by atoms with Gasteiger partial charge in [0.2, 0.25) is 27.7 Å². The van der Waals surface area contributed by atoms with Crippen LogP contribution in [0.25, 0.3) is 11.3 Å². The first-order valence-corrected chi connectivity index (χ1v) is 13.7. The van der Waals surface area contributed by atoms with Gasteiger partial charge in [0.1, 0.15) is 23.4 Å². The second-order valence-corrected chi connectivity index (χ2v) is 10.5. The average Bonchev–Trinajstić information content (AvgIpc) is 2.91. The standard InChI is InChI=1S/C19H15F6N5O3S.C5H10FN/c1-2-19(24,25)8-34(31,32)30-16-11(21)6-13(14(22)15(16)23)33-17-10(5-9(20)7-28-17)12-3-4-27-18(26)29-12;6-5-2-1-3-7-4-5/h3-7,30H,2,8H2,1H3,(H2,26,27,29);5,7H,1-4H2. The molecule has 1 aromatic carbocycles. The minimum atomic E-state index is -4.96. The minimum absolute atomic E-state index is 0.0166. The highest BCUT2D eigenvalue weighted by atomic mass is 32.2. The molecule has 0 saturated carbocycles. The Morgan fingerprint density at radius 1 is 1.17 bits per heavy atom. The van der Waals surface area contributed by atoms with Gasteiger partial charge in [-0.05, 0) is 31.5 Å². The predicted molar refractivity (Wildman–Crippen MR) is 136 cm³/mol. The molecule has 1 fully saturated rings. The van der Waals surface area contributed by atoms with Crippen LogP contribution in [0.15, 0.2) is 30.6 Å². The summed E-state index contributed by atoms with van der Waals surface area (Å²) in [7, 11) is -4.96. The Kier molecular flexibility index (Phi) is 10.3. The van der Waals surface area contributed by atoms with Crippen LogP contribution in [0.3, 0.4) is 0 Å². The first kappa shape index (κ1) is 31.8. The number of nitrogens with one attached hydrogen (secondary N) is 2. The molecule has 224 valence electrons. The van der Waals surface area contributed by atoms with Crippen molar-refractivity contribution in [1.82, 2.24) is 20.3 Å². The lowest BCUT2D eigenvalue weighted by molar-refractivity contribution is 0.0219. The number of hydrogen-bond acceptors (Lipinski definition) is 8.